The third-order valence-corrected chi connectivity index (χ3v) is 10.1. The SMILES string of the molecule is COc1ccc(-c2nc3ccc(S(C)(=O)=O)cc3c(C(=O)NC3(c4ccccc4)CC3)c2CN2CCC(NCCO)CC2)cc1. The van der Waals surface area contributed by atoms with Gasteiger partial charge in [-0.05, 0) is 86.8 Å². The Bertz CT molecular complexity index is 1780. The molecule has 0 atom stereocenters. The number of rotatable bonds is 11. The van der Waals surface area contributed by atoms with Gasteiger partial charge in [0.15, 0.2) is 9.84 Å². The number of hydrogen-bond acceptors (Lipinski definition) is 8. The van der Waals surface area contributed by atoms with Crippen molar-refractivity contribution in [1.29, 1.82) is 0 Å². The molecule has 0 radical (unpaired) electrons. The molecule has 2 aliphatic rings. The molecule has 1 aromatic heterocycles. The van der Waals surface area contributed by atoms with Gasteiger partial charge in [-0.3, -0.25) is 9.69 Å². The van der Waals surface area contributed by atoms with Gasteiger partial charge in [-0.2, -0.15) is 0 Å². The summed E-state index contributed by atoms with van der Waals surface area (Å²) in [5.41, 5.74) is 3.91. The summed E-state index contributed by atoms with van der Waals surface area (Å²) in [6.07, 6.45) is 4.66. The second-order valence-corrected chi connectivity index (χ2v) is 14.1. The molecular weight excluding hydrogens is 588 g/mol. The first-order valence-corrected chi connectivity index (χ1v) is 17.4. The molecule has 0 bridgehead atoms. The molecule has 6 rings (SSSR count). The number of likely N-dealkylation sites (tertiary alicyclic amines) is 1. The zero-order chi connectivity index (χ0) is 31.6. The largest absolute Gasteiger partial charge is 0.497 e. The Labute approximate surface area is 264 Å². The number of carbonyl (C=O) groups is 1. The van der Waals surface area contributed by atoms with Crippen molar-refractivity contribution < 1.29 is 23.1 Å². The number of methoxy groups -OCH3 is 1. The van der Waals surface area contributed by atoms with Gasteiger partial charge in [-0.1, -0.05) is 30.3 Å². The number of aromatic nitrogens is 1. The Morgan fingerprint density at radius 1 is 1.04 bits per heavy atom. The summed E-state index contributed by atoms with van der Waals surface area (Å²) in [4.78, 5) is 22.2. The van der Waals surface area contributed by atoms with Crippen LogP contribution in [0.2, 0.25) is 0 Å². The summed E-state index contributed by atoms with van der Waals surface area (Å²) in [6.45, 7) is 2.76. The van der Waals surface area contributed by atoms with Gasteiger partial charge in [0, 0.05) is 41.9 Å². The van der Waals surface area contributed by atoms with Gasteiger partial charge < -0.3 is 20.5 Å². The maximum atomic E-state index is 14.6. The van der Waals surface area contributed by atoms with Crippen LogP contribution in [0.25, 0.3) is 22.2 Å². The maximum Gasteiger partial charge on any atom is 0.253 e. The molecule has 1 amide bonds. The Balaban J connectivity index is 1.49. The molecule has 0 unspecified atom stereocenters. The first-order valence-electron chi connectivity index (χ1n) is 15.5. The third kappa shape index (κ3) is 6.74. The maximum absolute atomic E-state index is 14.6. The van der Waals surface area contributed by atoms with E-state index in [4.69, 9.17) is 9.72 Å². The van der Waals surface area contributed by atoms with Gasteiger partial charge in [0.05, 0.1) is 40.9 Å². The molecule has 3 N–H and O–H groups in total. The summed E-state index contributed by atoms with van der Waals surface area (Å²) >= 11 is 0. The Morgan fingerprint density at radius 3 is 2.38 bits per heavy atom. The minimum Gasteiger partial charge on any atom is -0.497 e. The molecule has 1 saturated heterocycles. The van der Waals surface area contributed by atoms with Crippen molar-refractivity contribution in [3.05, 3.63) is 89.5 Å². The smallest absolute Gasteiger partial charge is 0.253 e. The number of aliphatic hydroxyl groups is 1. The van der Waals surface area contributed by atoms with Gasteiger partial charge in [0.2, 0.25) is 0 Å². The van der Waals surface area contributed by atoms with Crippen LogP contribution in [0.15, 0.2) is 77.7 Å². The average molecular weight is 629 g/mol. The second kappa shape index (κ2) is 12.9. The summed E-state index contributed by atoms with van der Waals surface area (Å²) < 4.78 is 30.8. The number of pyridine rings is 1. The van der Waals surface area contributed by atoms with Gasteiger partial charge >= 0.3 is 0 Å². The number of benzene rings is 3. The lowest BCUT2D eigenvalue weighted by Crippen LogP contribution is -2.43. The minimum atomic E-state index is -3.53. The molecule has 1 aliphatic heterocycles. The lowest BCUT2D eigenvalue weighted by atomic mass is 9.94. The van der Waals surface area contributed by atoms with Crippen LogP contribution in [-0.4, -0.2) is 75.0 Å². The average Bonchev–Trinajstić information content (AvgIpc) is 3.84. The summed E-state index contributed by atoms with van der Waals surface area (Å²) in [6, 6.07) is 22.8. The van der Waals surface area contributed by atoms with Crippen LogP contribution >= 0.6 is 0 Å². The minimum absolute atomic E-state index is 0.104. The van der Waals surface area contributed by atoms with E-state index in [9.17, 15) is 18.3 Å². The number of hydrogen-bond donors (Lipinski definition) is 3. The van der Waals surface area contributed by atoms with E-state index >= 15 is 0 Å². The van der Waals surface area contributed by atoms with Crippen LogP contribution in [0, 0.1) is 0 Å². The second-order valence-electron chi connectivity index (χ2n) is 12.1. The van der Waals surface area contributed by atoms with Crippen molar-refractivity contribution in [3.8, 4) is 17.0 Å². The fourth-order valence-corrected chi connectivity index (χ4v) is 7.00. The highest BCUT2D eigenvalue weighted by molar-refractivity contribution is 7.90. The lowest BCUT2D eigenvalue weighted by Gasteiger charge is -2.33. The number of carbonyl (C=O) groups excluding carboxylic acids is 1. The van der Waals surface area contributed by atoms with Crippen LogP contribution in [0.3, 0.4) is 0 Å². The molecule has 1 saturated carbocycles. The Kier molecular flexibility index (Phi) is 8.92. The number of amides is 1. The lowest BCUT2D eigenvalue weighted by molar-refractivity contribution is 0.0929. The normalized spacial score (nSPS) is 16.9. The van der Waals surface area contributed by atoms with Crippen LogP contribution in [0.5, 0.6) is 5.75 Å². The Morgan fingerprint density at radius 2 is 1.76 bits per heavy atom. The fourth-order valence-electron chi connectivity index (χ4n) is 6.35. The van der Waals surface area contributed by atoms with Gasteiger partial charge in [-0.25, -0.2) is 13.4 Å². The molecule has 10 heteroatoms. The van der Waals surface area contributed by atoms with Gasteiger partial charge in [0.25, 0.3) is 5.91 Å². The van der Waals surface area contributed by atoms with E-state index in [2.05, 4.69) is 15.5 Å². The first-order chi connectivity index (χ1) is 21.7. The van der Waals surface area contributed by atoms with Crippen molar-refractivity contribution in [2.24, 2.45) is 0 Å². The van der Waals surface area contributed by atoms with E-state index in [-0.39, 0.29) is 17.4 Å². The first kappa shape index (κ1) is 31.2. The van der Waals surface area contributed by atoms with E-state index in [0.29, 0.717) is 47.0 Å². The summed E-state index contributed by atoms with van der Waals surface area (Å²) in [5.74, 6) is 0.478. The number of aliphatic hydroxyl groups excluding tert-OH is 1. The number of nitrogens with zero attached hydrogens (tertiary/aromatic N) is 2. The number of fused-ring (bicyclic) bond motifs is 1. The van der Waals surface area contributed by atoms with Gasteiger partial charge in [-0.15, -0.1) is 0 Å². The Hall–Kier alpha value is -3.83. The zero-order valence-electron chi connectivity index (χ0n) is 25.8. The highest BCUT2D eigenvalue weighted by atomic mass is 32.2. The predicted octanol–water partition coefficient (Wildman–Crippen LogP) is 4.28. The van der Waals surface area contributed by atoms with Crippen LogP contribution < -0.4 is 15.4 Å². The van der Waals surface area contributed by atoms with E-state index in [1.807, 2.05) is 54.6 Å². The molecule has 2 heterocycles. The van der Waals surface area contributed by atoms with Crippen LogP contribution in [-0.2, 0) is 21.9 Å². The van der Waals surface area contributed by atoms with Crippen molar-refractivity contribution in [1.82, 2.24) is 20.5 Å². The van der Waals surface area contributed by atoms with Crippen LogP contribution in [0.1, 0.15) is 47.2 Å². The predicted molar refractivity (Wildman–Crippen MR) is 175 cm³/mol. The molecule has 4 aromatic rings. The topological polar surface area (TPSA) is 121 Å². The number of sulfone groups is 1. The highest BCUT2D eigenvalue weighted by Crippen LogP contribution is 2.46. The van der Waals surface area contributed by atoms with E-state index in [0.717, 1.165) is 55.5 Å². The summed E-state index contributed by atoms with van der Waals surface area (Å²) in [5, 5.41) is 16.5. The standard InChI is InChI=1S/C35H40N4O5S/c1-44-27-10-8-24(9-11-27)33-30(23-39-19-14-26(15-20-39)36-18-21-40)32(29-22-28(45(2,42)43)12-13-31(29)37-33)34(41)38-35(16-17-35)25-6-4-3-5-7-25/h3-13,22,26,36,40H,14-21,23H2,1-2H3,(H,38,41). The molecule has 45 heavy (non-hydrogen) atoms. The van der Waals surface area contributed by atoms with E-state index < -0.39 is 15.4 Å². The van der Waals surface area contributed by atoms with Crippen molar-refractivity contribution in [3.63, 3.8) is 0 Å². The number of piperidine rings is 1. The van der Waals surface area contributed by atoms with Crippen molar-refractivity contribution in [2.45, 2.75) is 48.7 Å². The highest BCUT2D eigenvalue weighted by Gasteiger charge is 2.46. The molecule has 1 aliphatic carbocycles. The quantitative estimate of drug-likeness (QED) is 0.225. The third-order valence-electron chi connectivity index (χ3n) is 9.02. The zero-order valence-corrected chi connectivity index (χ0v) is 26.6. The molecule has 0 spiro atoms. The monoisotopic (exact) mass is 628 g/mol. The summed E-state index contributed by atoms with van der Waals surface area (Å²) in [7, 11) is -1.91. The molecular formula is C35H40N4O5S. The van der Waals surface area contributed by atoms with E-state index in [1.54, 1.807) is 25.3 Å². The molecule has 3 aromatic carbocycles. The molecule has 2 fully saturated rings. The number of ether oxygens (including phenoxy) is 1. The van der Waals surface area contributed by atoms with E-state index in [1.165, 1.54) is 6.26 Å². The van der Waals surface area contributed by atoms with Crippen LogP contribution in [0.4, 0.5) is 0 Å². The molecule has 236 valence electrons. The van der Waals surface area contributed by atoms with Crippen molar-refractivity contribution >= 4 is 26.6 Å². The number of nitrogens with one attached hydrogen (secondary N) is 2. The van der Waals surface area contributed by atoms with Gasteiger partial charge in [0.1, 0.15) is 5.75 Å². The van der Waals surface area contributed by atoms with Crippen molar-refractivity contribution in [2.75, 3.05) is 39.6 Å². The molecule has 9 nitrogen and oxygen atoms in total. The fraction of sp³-hybridized carbons (Fsp3) is 0.371.